The quantitative estimate of drug-likeness (QED) is 0.746. The van der Waals surface area contributed by atoms with Crippen LogP contribution in [-0.2, 0) is 0 Å². The lowest BCUT2D eigenvalue weighted by Gasteiger charge is -2.33. The van der Waals surface area contributed by atoms with Crippen LogP contribution < -0.4 is 10.2 Å². The van der Waals surface area contributed by atoms with Crippen molar-refractivity contribution < 1.29 is 4.79 Å². The number of carbonyl (C=O) groups is 1. The van der Waals surface area contributed by atoms with Gasteiger partial charge in [-0.1, -0.05) is 30.3 Å². The second kappa shape index (κ2) is 7.59. The van der Waals surface area contributed by atoms with Crippen LogP contribution in [0.3, 0.4) is 0 Å². The largest absolute Gasteiger partial charge is 0.354 e. The summed E-state index contributed by atoms with van der Waals surface area (Å²) in [6, 6.07) is 15.3. The molecule has 0 atom stereocenters. The van der Waals surface area contributed by atoms with Crippen LogP contribution in [0, 0.1) is 0 Å². The van der Waals surface area contributed by atoms with Gasteiger partial charge in [-0.05, 0) is 25.2 Å². The van der Waals surface area contributed by atoms with Gasteiger partial charge in [0.25, 0.3) is 5.91 Å². The van der Waals surface area contributed by atoms with E-state index in [1.807, 2.05) is 42.5 Å². The van der Waals surface area contributed by atoms with Crippen molar-refractivity contribution >= 4 is 17.4 Å². The summed E-state index contributed by atoms with van der Waals surface area (Å²) < 4.78 is 0. The number of benzene rings is 1. The number of hydrogen-bond acceptors (Lipinski definition) is 5. The lowest BCUT2D eigenvalue weighted by atomic mass is 10.1. The molecule has 0 spiro atoms. The molecule has 0 aliphatic carbocycles. The number of anilines is 2. The molecule has 1 aliphatic heterocycles. The van der Waals surface area contributed by atoms with E-state index in [9.17, 15) is 4.79 Å². The molecule has 1 aliphatic rings. The summed E-state index contributed by atoms with van der Waals surface area (Å²) in [6.45, 7) is 3.99. The van der Waals surface area contributed by atoms with Crippen LogP contribution in [0.1, 0.15) is 10.5 Å². The molecule has 7 nitrogen and oxygen atoms in total. The number of nitrogens with one attached hydrogen (secondary N) is 2. The fourth-order valence-electron chi connectivity index (χ4n) is 3.08. The number of carbonyl (C=O) groups excluding carboxylic acids is 1. The number of aromatic nitrogens is 3. The standard InChI is InChI=1S/C20H22N6O/c1-25-9-11-26(12-10-25)19-8-7-16(14-21-19)22-20(27)18-13-17(23-24-18)15-5-3-2-4-6-15/h2-8,13-14H,9-12H2,1H3,(H,22,27)(H,23,24). The van der Waals surface area contributed by atoms with Gasteiger partial charge >= 0.3 is 0 Å². The van der Waals surface area contributed by atoms with Gasteiger partial charge in [-0.2, -0.15) is 5.10 Å². The zero-order valence-electron chi connectivity index (χ0n) is 15.2. The zero-order valence-corrected chi connectivity index (χ0v) is 15.2. The molecule has 1 aromatic carbocycles. The van der Waals surface area contributed by atoms with Gasteiger partial charge in [-0.25, -0.2) is 4.98 Å². The first-order valence-electron chi connectivity index (χ1n) is 9.01. The van der Waals surface area contributed by atoms with Crippen molar-refractivity contribution in [1.82, 2.24) is 20.1 Å². The van der Waals surface area contributed by atoms with E-state index >= 15 is 0 Å². The minimum atomic E-state index is -0.237. The molecular weight excluding hydrogens is 340 g/mol. The SMILES string of the molecule is CN1CCN(c2ccc(NC(=O)c3cc(-c4ccccc4)n[nH]3)cn2)CC1. The minimum Gasteiger partial charge on any atom is -0.354 e. The first-order chi connectivity index (χ1) is 13.2. The number of amides is 1. The fourth-order valence-corrected chi connectivity index (χ4v) is 3.08. The maximum Gasteiger partial charge on any atom is 0.273 e. The number of hydrogen-bond donors (Lipinski definition) is 2. The summed E-state index contributed by atoms with van der Waals surface area (Å²) in [5.74, 6) is 0.702. The van der Waals surface area contributed by atoms with Crippen LogP contribution in [0.4, 0.5) is 11.5 Å². The molecule has 1 saturated heterocycles. The molecule has 2 aromatic heterocycles. The van der Waals surface area contributed by atoms with Crippen molar-refractivity contribution in [2.75, 3.05) is 43.4 Å². The molecule has 7 heteroatoms. The average molecular weight is 362 g/mol. The maximum atomic E-state index is 12.5. The third-order valence-corrected chi connectivity index (χ3v) is 4.73. The van der Waals surface area contributed by atoms with Gasteiger partial charge < -0.3 is 15.1 Å². The molecule has 3 aromatic rings. The van der Waals surface area contributed by atoms with Crippen molar-refractivity contribution in [3.8, 4) is 11.3 Å². The molecular formula is C20H22N6O. The number of piperazine rings is 1. The number of nitrogens with zero attached hydrogens (tertiary/aromatic N) is 4. The number of H-pyrrole nitrogens is 1. The highest BCUT2D eigenvalue weighted by Gasteiger charge is 2.16. The zero-order chi connectivity index (χ0) is 18.6. The predicted molar refractivity (Wildman–Crippen MR) is 106 cm³/mol. The Balaban J connectivity index is 1.40. The Morgan fingerprint density at radius 1 is 1.07 bits per heavy atom. The van der Waals surface area contributed by atoms with E-state index in [2.05, 4.69) is 37.3 Å². The number of aromatic amines is 1. The number of likely N-dealkylation sites (N-methyl/N-ethyl adjacent to an activating group) is 1. The van der Waals surface area contributed by atoms with Crippen molar-refractivity contribution in [3.05, 3.63) is 60.4 Å². The van der Waals surface area contributed by atoms with Gasteiger partial charge in [-0.3, -0.25) is 9.89 Å². The summed E-state index contributed by atoms with van der Waals surface area (Å²) in [4.78, 5) is 21.5. The molecule has 138 valence electrons. The predicted octanol–water partition coefficient (Wildman–Crippen LogP) is 2.48. The van der Waals surface area contributed by atoms with E-state index < -0.39 is 0 Å². The highest BCUT2D eigenvalue weighted by atomic mass is 16.1. The van der Waals surface area contributed by atoms with Gasteiger partial charge in [0, 0.05) is 31.7 Å². The highest BCUT2D eigenvalue weighted by molar-refractivity contribution is 6.03. The lowest BCUT2D eigenvalue weighted by molar-refractivity contribution is 0.102. The van der Waals surface area contributed by atoms with Gasteiger partial charge in [0.2, 0.25) is 0 Å². The normalized spacial score (nSPS) is 14.9. The third-order valence-electron chi connectivity index (χ3n) is 4.73. The Bertz CT molecular complexity index is 898. The fraction of sp³-hybridized carbons (Fsp3) is 0.250. The van der Waals surface area contributed by atoms with E-state index in [0.717, 1.165) is 43.3 Å². The maximum absolute atomic E-state index is 12.5. The summed E-state index contributed by atoms with van der Waals surface area (Å²) in [5.41, 5.74) is 2.78. The van der Waals surface area contributed by atoms with Gasteiger partial charge in [0.1, 0.15) is 11.5 Å². The molecule has 2 N–H and O–H groups in total. The topological polar surface area (TPSA) is 77.1 Å². The lowest BCUT2D eigenvalue weighted by Crippen LogP contribution is -2.44. The van der Waals surface area contributed by atoms with Gasteiger partial charge in [-0.15, -0.1) is 0 Å². The van der Waals surface area contributed by atoms with Crippen LogP contribution >= 0.6 is 0 Å². The van der Waals surface area contributed by atoms with Gasteiger partial charge in [0.05, 0.1) is 17.6 Å². The molecule has 0 bridgehead atoms. The second-order valence-electron chi connectivity index (χ2n) is 6.68. The summed E-state index contributed by atoms with van der Waals surface area (Å²) in [5, 5.41) is 9.88. The van der Waals surface area contributed by atoms with Crippen LogP contribution in [-0.4, -0.2) is 59.2 Å². The Morgan fingerprint density at radius 3 is 2.56 bits per heavy atom. The molecule has 3 heterocycles. The number of pyridine rings is 1. The number of rotatable bonds is 4. The first kappa shape index (κ1) is 17.2. The Morgan fingerprint density at radius 2 is 1.85 bits per heavy atom. The van der Waals surface area contributed by atoms with E-state index in [1.165, 1.54) is 0 Å². The first-order valence-corrected chi connectivity index (χ1v) is 9.01. The monoisotopic (exact) mass is 362 g/mol. The van der Waals surface area contributed by atoms with E-state index in [1.54, 1.807) is 12.3 Å². The molecule has 0 unspecified atom stereocenters. The summed E-state index contributed by atoms with van der Waals surface area (Å²) >= 11 is 0. The molecule has 4 rings (SSSR count). The molecule has 1 amide bonds. The molecule has 0 saturated carbocycles. The Kier molecular flexibility index (Phi) is 4.84. The van der Waals surface area contributed by atoms with Crippen LogP contribution in [0.5, 0.6) is 0 Å². The van der Waals surface area contributed by atoms with E-state index in [4.69, 9.17) is 0 Å². The van der Waals surface area contributed by atoms with Gasteiger partial charge in [0.15, 0.2) is 0 Å². The van der Waals surface area contributed by atoms with Crippen molar-refractivity contribution in [2.24, 2.45) is 0 Å². The van der Waals surface area contributed by atoms with Crippen LogP contribution in [0.2, 0.25) is 0 Å². The summed E-state index contributed by atoms with van der Waals surface area (Å²) in [7, 11) is 2.13. The molecule has 27 heavy (non-hydrogen) atoms. The summed E-state index contributed by atoms with van der Waals surface area (Å²) in [6.07, 6.45) is 1.69. The van der Waals surface area contributed by atoms with Crippen molar-refractivity contribution in [2.45, 2.75) is 0 Å². The van der Waals surface area contributed by atoms with E-state index in [0.29, 0.717) is 11.4 Å². The Hall–Kier alpha value is -3.19. The molecule has 1 fully saturated rings. The Labute approximate surface area is 158 Å². The van der Waals surface area contributed by atoms with Crippen LogP contribution in [0.15, 0.2) is 54.7 Å². The average Bonchev–Trinajstić information content (AvgIpc) is 3.20. The highest BCUT2D eigenvalue weighted by Crippen LogP contribution is 2.19. The smallest absolute Gasteiger partial charge is 0.273 e. The third kappa shape index (κ3) is 3.98. The second-order valence-corrected chi connectivity index (χ2v) is 6.68. The minimum absolute atomic E-state index is 0.237. The van der Waals surface area contributed by atoms with Crippen molar-refractivity contribution in [1.29, 1.82) is 0 Å². The van der Waals surface area contributed by atoms with E-state index in [-0.39, 0.29) is 5.91 Å². The van der Waals surface area contributed by atoms with Crippen LogP contribution in [0.25, 0.3) is 11.3 Å². The molecule has 0 radical (unpaired) electrons. The van der Waals surface area contributed by atoms with Crippen molar-refractivity contribution in [3.63, 3.8) is 0 Å².